The van der Waals surface area contributed by atoms with Gasteiger partial charge >= 0.3 is 51.4 Å². The van der Waals surface area contributed by atoms with Gasteiger partial charge in [0.15, 0.2) is 0 Å². The van der Waals surface area contributed by atoms with Crippen molar-refractivity contribution in [3.05, 3.63) is 65.9 Å². The van der Waals surface area contributed by atoms with Gasteiger partial charge in [-0.15, -0.1) is 0 Å². The zero-order valence-corrected chi connectivity index (χ0v) is 25.2. The van der Waals surface area contributed by atoms with Crippen molar-refractivity contribution < 1.29 is 70.4 Å². The van der Waals surface area contributed by atoms with Crippen LogP contribution in [0.3, 0.4) is 0 Å². The normalized spacial score (nSPS) is 13.2. The summed E-state index contributed by atoms with van der Waals surface area (Å²) in [6.45, 7) is 9.14. The van der Waals surface area contributed by atoms with Crippen LogP contribution in [0.2, 0.25) is 0 Å². The van der Waals surface area contributed by atoms with Crippen LogP contribution in [0.25, 0.3) is 0 Å². The SMILES string of the molecule is COc1cc(NC(=O)C2CC[CH-]CC2)ccc1C.[CH2-]c1c(C)cc(OCCN(C)C)cc1[C-]=O.[K+]. The second-order valence-electron chi connectivity index (χ2n) is 8.83. The molecule has 0 heterocycles. The van der Waals surface area contributed by atoms with Gasteiger partial charge in [0.2, 0.25) is 5.91 Å². The molecule has 0 saturated heterocycles. The van der Waals surface area contributed by atoms with Crippen LogP contribution in [0.4, 0.5) is 5.69 Å². The van der Waals surface area contributed by atoms with Crippen LogP contribution in [0.15, 0.2) is 30.3 Å². The largest absolute Gasteiger partial charge is 1.00 e. The van der Waals surface area contributed by atoms with Gasteiger partial charge in [-0.3, -0.25) is 22.8 Å². The quantitative estimate of drug-likeness (QED) is 0.440. The number of ether oxygens (including phenoxy) is 2. The molecule has 6 nitrogen and oxygen atoms in total. The van der Waals surface area contributed by atoms with Gasteiger partial charge in [0, 0.05) is 30.0 Å². The second-order valence-corrected chi connectivity index (χ2v) is 8.83. The first-order valence-corrected chi connectivity index (χ1v) is 11.6. The van der Waals surface area contributed by atoms with Gasteiger partial charge in [-0.05, 0) is 38.9 Å². The maximum atomic E-state index is 12.1. The first-order chi connectivity index (χ1) is 16.2. The fourth-order valence-corrected chi connectivity index (χ4v) is 3.64. The molecule has 186 valence electrons. The third-order valence-electron chi connectivity index (χ3n) is 5.85. The van der Waals surface area contributed by atoms with Crippen molar-refractivity contribution in [1.29, 1.82) is 0 Å². The minimum atomic E-state index is 0. The predicted octanol–water partition coefficient (Wildman–Crippen LogP) is 1.92. The Morgan fingerprint density at radius 3 is 2.46 bits per heavy atom. The summed E-state index contributed by atoms with van der Waals surface area (Å²) in [5.41, 5.74) is 4.02. The number of nitrogens with zero attached hydrogens (tertiary/aromatic N) is 1. The third-order valence-corrected chi connectivity index (χ3v) is 5.85. The van der Waals surface area contributed by atoms with Gasteiger partial charge in [0.05, 0.1) is 13.7 Å². The molecule has 3 rings (SSSR count). The minimum Gasteiger partial charge on any atom is -0.507 e. The Morgan fingerprint density at radius 2 is 1.86 bits per heavy atom. The molecule has 0 radical (unpaired) electrons. The first-order valence-electron chi connectivity index (χ1n) is 11.6. The smallest absolute Gasteiger partial charge is 0.507 e. The number of rotatable bonds is 8. The summed E-state index contributed by atoms with van der Waals surface area (Å²) < 4.78 is 10.8. The number of amides is 1. The molecule has 0 unspecified atom stereocenters. The van der Waals surface area contributed by atoms with E-state index >= 15 is 0 Å². The molecule has 0 bridgehead atoms. The monoisotopic (exact) mass is 504 g/mol. The Hall–Kier alpha value is -1.35. The van der Waals surface area contributed by atoms with E-state index in [0.717, 1.165) is 60.4 Å². The molecule has 1 N–H and O–H groups in total. The number of anilines is 1. The second kappa shape index (κ2) is 16.4. The van der Waals surface area contributed by atoms with Gasteiger partial charge in [0.1, 0.15) is 5.75 Å². The summed E-state index contributed by atoms with van der Waals surface area (Å²) in [7, 11) is 5.61. The third kappa shape index (κ3) is 10.7. The van der Waals surface area contributed by atoms with Gasteiger partial charge in [-0.1, -0.05) is 31.9 Å². The Labute approximate surface area is 253 Å². The van der Waals surface area contributed by atoms with Crippen molar-refractivity contribution in [3.8, 4) is 11.5 Å². The van der Waals surface area contributed by atoms with Gasteiger partial charge in [-0.2, -0.15) is 18.9 Å². The molecule has 2 aromatic rings. The van der Waals surface area contributed by atoms with Crippen molar-refractivity contribution in [2.45, 2.75) is 39.5 Å². The van der Waals surface area contributed by atoms with Crippen LogP contribution in [0, 0.1) is 33.1 Å². The zero-order chi connectivity index (χ0) is 25.1. The van der Waals surface area contributed by atoms with Crippen molar-refractivity contribution in [1.82, 2.24) is 4.90 Å². The first kappa shape index (κ1) is 31.7. The Bertz CT molecular complexity index is 956. The van der Waals surface area contributed by atoms with Crippen molar-refractivity contribution in [2.75, 3.05) is 39.7 Å². The molecule has 0 aromatic heterocycles. The number of methoxy groups -OCH3 is 1. The molecule has 1 aliphatic carbocycles. The summed E-state index contributed by atoms with van der Waals surface area (Å²) in [6, 6.07) is 9.33. The van der Waals surface area contributed by atoms with E-state index in [1.807, 2.05) is 63.4 Å². The molecule has 2 aromatic carbocycles. The number of aryl methyl sites for hydroxylation is 2. The van der Waals surface area contributed by atoms with Crippen molar-refractivity contribution in [2.24, 2.45) is 5.92 Å². The van der Waals surface area contributed by atoms with E-state index in [-0.39, 0.29) is 63.2 Å². The molecule has 0 spiro atoms. The Kier molecular flexibility index (Phi) is 14.8. The number of nitrogens with one attached hydrogen (secondary N) is 1. The van der Waals surface area contributed by atoms with Crippen LogP contribution in [-0.2, 0) is 9.59 Å². The summed E-state index contributed by atoms with van der Waals surface area (Å²) >= 11 is 0. The molecule has 1 saturated carbocycles. The number of hydrogen-bond donors (Lipinski definition) is 1. The standard InChI is InChI=1S/C15H20NO2.C13H17NO2.K/c1-11-8-9-13(10-14(11)18-2)16-15(17)12-6-4-3-5-7-12;1-10-7-13(16-6-5-14(3)4)8-12(9-15)11(10)2;/h3,8-10,12H,4-7H2,1-2H3,(H,16,17);7-8H,2,5-6H2,1,3-4H3;/q-1;-2;+1. The molecule has 1 amide bonds. The van der Waals surface area contributed by atoms with E-state index in [2.05, 4.69) is 18.7 Å². The maximum Gasteiger partial charge on any atom is 1.00 e. The van der Waals surface area contributed by atoms with E-state index in [1.54, 1.807) is 13.2 Å². The molecule has 7 heteroatoms. The van der Waals surface area contributed by atoms with Crippen molar-refractivity contribution >= 4 is 17.9 Å². The summed E-state index contributed by atoms with van der Waals surface area (Å²) in [5.74, 6) is 1.80. The van der Waals surface area contributed by atoms with Crippen LogP contribution < -0.4 is 66.2 Å². The number of likely N-dealkylation sites (N-methyl/N-ethyl adjacent to an activating group) is 1. The van der Waals surface area contributed by atoms with Crippen LogP contribution in [0.5, 0.6) is 11.5 Å². The topological polar surface area (TPSA) is 67.9 Å². The minimum absolute atomic E-state index is 0. The summed E-state index contributed by atoms with van der Waals surface area (Å²) in [4.78, 5) is 24.8. The van der Waals surface area contributed by atoms with Gasteiger partial charge < -0.3 is 30.9 Å². The summed E-state index contributed by atoms with van der Waals surface area (Å²) in [5, 5.41) is 2.98. The molecule has 1 fully saturated rings. The van der Waals surface area contributed by atoms with Crippen molar-refractivity contribution in [3.63, 3.8) is 0 Å². The Balaban J connectivity index is 0.000000343. The van der Waals surface area contributed by atoms with E-state index in [9.17, 15) is 9.59 Å². The predicted molar refractivity (Wildman–Crippen MR) is 137 cm³/mol. The molecule has 35 heavy (non-hydrogen) atoms. The van der Waals surface area contributed by atoms with E-state index < -0.39 is 0 Å². The molecular weight excluding hydrogens is 467 g/mol. The van der Waals surface area contributed by atoms with E-state index in [1.165, 1.54) is 0 Å². The van der Waals surface area contributed by atoms with E-state index in [4.69, 9.17) is 9.47 Å². The van der Waals surface area contributed by atoms with Crippen LogP contribution >= 0.6 is 0 Å². The number of carbonyl (C=O) groups excluding carboxylic acids is 2. The zero-order valence-electron chi connectivity index (χ0n) is 22.1. The molecule has 1 aliphatic rings. The average Bonchev–Trinajstić information content (AvgIpc) is 2.83. The fourth-order valence-electron chi connectivity index (χ4n) is 3.64. The van der Waals surface area contributed by atoms with Crippen LogP contribution in [0.1, 0.15) is 47.9 Å². The number of carbonyl (C=O) groups is 1. The molecule has 0 atom stereocenters. The molecular formula is C28H37KN2O4-2. The van der Waals surface area contributed by atoms with Crippen LogP contribution in [-0.4, -0.2) is 51.5 Å². The maximum absolute atomic E-state index is 12.1. The van der Waals surface area contributed by atoms with E-state index in [0.29, 0.717) is 17.9 Å². The average molecular weight is 505 g/mol. The fraction of sp³-hybridized carbons (Fsp3) is 0.429. The molecule has 0 aliphatic heterocycles. The van der Waals surface area contributed by atoms with Gasteiger partial charge in [0.25, 0.3) is 0 Å². The number of hydrogen-bond acceptors (Lipinski definition) is 5. The summed E-state index contributed by atoms with van der Waals surface area (Å²) in [6.07, 6.45) is 8.17. The van der Waals surface area contributed by atoms with Gasteiger partial charge in [-0.25, -0.2) is 5.56 Å². The Morgan fingerprint density at radius 1 is 1.17 bits per heavy atom. The number of benzene rings is 2.